The molecule has 38 heavy (non-hydrogen) atoms. The lowest BCUT2D eigenvalue weighted by Crippen LogP contribution is -2.46. The Morgan fingerprint density at radius 3 is 2.53 bits per heavy atom. The number of hydrogen-bond acceptors (Lipinski definition) is 6. The van der Waals surface area contributed by atoms with E-state index in [1.807, 2.05) is 13.8 Å². The lowest BCUT2D eigenvalue weighted by molar-refractivity contribution is -0.137. The van der Waals surface area contributed by atoms with E-state index in [0.717, 1.165) is 12.1 Å². The van der Waals surface area contributed by atoms with Gasteiger partial charge < -0.3 is 15.5 Å². The van der Waals surface area contributed by atoms with Gasteiger partial charge in [-0.2, -0.15) is 18.3 Å². The number of nitrogens with one attached hydrogen (secondary N) is 2. The summed E-state index contributed by atoms with van der Waals surface area (Å²) in [6.45, 7) is 5.40. The molecule has 1 aromatic carbocycles. The Morgan fingerprint density at radius 1 is 1.18 bits per heavy atom. The number of alkyl halides is 3. The largest absolute Gasteiger partial charge is 0.416 e. The van der Waals surface area contributed by atoms with Crippen molar-refractivity contribution in [3.05, 3.63) is 68.8 Å². The molecule has 2 aromatic heterocycles. The highest BCUT2D eigenvalue weighted by Crippen LogP contribution is 2.31. The summed E-state index contributed by atoms with van der Waals surface area (Å²) in [7, 11) is 3.08. The van der Waals surface area contributed by atoms with Crippen LogP contribution in [-0.4, -0.2) is 55.2 Å². The van der Waals surface area contributed by atoms with E-state index in [2.05, 4.69) is 20.7 Å². The molecule has 1 atom stereocenters. The van der Waals surface area contributed by atoms with Gasteiger partial charge in [0.1, 0.15) is 5.82 Å². The zero-order valence-corrected chi connectivity index (χ0v) is 21.6. The van der Waals surface area contributed by atoms with Gasteiger partial charge in [0, 0.05) is 43.4 Å². The highest BCUT2D eigenvalue weighted by Gasteiger charge is 2.35. The number of carbonyl (C=O) groups is 2. The van der Waals surface area contributed by atoms with Crippen molar-refractivity contribution in [1.29, 1.82) is 0 Å². The lowest BCUT2D eigenvalue weighted by atomic mass is 9.98. The number of benzene rings is 1. The fourth-order valence-corrected chi connectivity index (χ4v) is 4.40. The van der Waals surface area contributed by atoms with Crippen LogP contribution >= 0.6 is 0 Å². The lowest BCUT2D eigenvalue weighted by Gasteiger charge is -2.34. The van der Waals surface area contributed by atoms with Crippen molar-refractivity contribution in [3.63, 3.8) is 0 Å². The molecule has 10 nitrogen and oxygen atoms in total. The molecule has 2 N–H and O–H groups in total. The third kappa shape index (κ3) is 5.00. The quantitative estimate of drug-likeness (QED) is 0.524. The van der Waals surface area contributed by atoms with Crippen LogP contribution in [0.2, 0.25) is 0 Å². The average Bonchev–Trinajstić information content (AvgIpc) is 3.23. The van der Waals surface area contributed by atoms with Crippen LogP contribution in [0.4, 0.5) is 19.1 Å². The van der Waals surface area contributed by atoms with Crippen molar-refractivity contribution in [2.45, 2.75) is 52.0 Å². The minimum atomic E-state index is -4.58. The topological polar surface area (TPSA) is 114 Å². The maximum absolute atomic E-state index is 13.8. The van der Waals surface area contributed by atoms with Crippen LogP contribution < -0.4 is 16.2 Å². The summed E-state index contributed by atoms with van der Waals surface area (Å²) in [5.74, 6) is -0.486. The second kappa shape index (κ2) is 9.95. The Morgan fingerprint density at radius 2 is 1.89 bits per heavy atom. The fraction of sp³-hybridized carbons (Fsp3) is 0.400. The van der Waals surface area contributed by atoms with E-state index in [1.54, 1.807) is 14.0 Å². The van der Waals surface area contributed by atoms with Crippen molar-refractivity contribution in [1.82, 2.24) is 29.5 Å². The minimum Gasteiger partial charge on any atom is -0.354 e. The second-order valence-corrected chi connectivity index (χ2v) is 9.46. The standard InChI is InChI=1S/C25H28F3N7O3/c1-13(2)30-24-31-19-12-34(22(37)15-7-6-8-16(10-15)25(26,27)28)14(3)9-17(19)23(38)35(24)20-11-18(21(36)29-4)32-33(20)5/h6-8,10-11,13-14H,9,12H2,1-5H3,(H,29,36)(H,30,31)/t14-/m1/s1. The van der Waals surface area contributed by atoms with Crippen LogP contribution in [0, 0.1) is 0 Å². The predicted molar refractivity (Wildman–Crippen MR) is 133 cm³/mol. The first-order valence-electron chi connectivity index (χ1n) is 12.0. The van der Waals surface area contributed by atoms with Gasteiger partial charge in [-0.3, -0.25) is 19.1 Å². The van der Waals surface area contributed by atoms with Gasteiger partial charge in [0.15, 0.2) is 5.69 Å². The van der Waals surface area contributed by atoms with Crippen molar-refractivity contribution >= 4 is 17.8 Å². The normalized spacial score (nSPS) is 15.4. The maximum Gasteiger partial charge on any atom is 0.416 e. The Balaban J connectivity index is 1.78. The number of anilines is 1. The number of nitrogens with zero attached hydrogens (tertiary/aromatic N) is 5. The molecule has 0 radical (unpaired) electrons. The molecule has 1 aliphatic heterocycles. The molecule has 0 aliphatic carbocycles. The third-order valence-corrected chi connectivity index (χ3v) is 6.27. The smallest absolute Gasteiger partial charge is 0.354 e. The summed E-state index contributed by atoms with van der Waals surface area (Å²) in [6.07, 6.45) is -4.43. The van der Waals surface area contributed by atoms with Crippen LogP contribution in [0.25, 0.3) is 5.82 Å². The minimum absolute atomic E-state index is 0.0523. The van der Waals surface area contributed by atoms with Gasteiger partial charge in [0.2, 0.25) is 5.95 Å². The van der Waals surface area contributed by atoms with E-state index in [-0.39, 0.29) is 41.8 Å². The molecule has 202 valence electrons. The number of halogens is 3. The van der Waals surface area contributed by atoms with Gasteiger partial charge in [-0.15, -0.1) is 0 Å². The molecule has 0 spiro atoms. The molecule has 0 fully saturated rings. The van der Waals surface area contributed by atoms with E-state index in [1.165, 1.54) is 39.4 Å². The summed E-state index contributed by atoms with van der Waals surface area (Å²) in [4.78, 5) is 45.2. The highest BCUT2D eigenvalue weighted by atomic mass is 19.4. The van der Waals surface area contributed by atoms with E-state index in [4.69, 9.17) is 0 Å². The zero-order chi connectivity index (χ0) is 27.9. The molecule has 4 rings (SSSR count). The summed E-state index contributed by atoms with van der Waals surface area (Å²) in [6, 6.07) is 5.15. The number of rotatable bonds is 5. The van der Waals surface area contributed by atoms with Gasteiger partial charge in [-0.05, 0) is 45.4 Å². The second-order valence-electron chi connectivity index (χ2n) is 9.46. The number of aromatic nitrogens is 4. The zero-order valence-electron chi connectivity index (χ0n) is 21.6. The number of fused-ring (bicyclic) bond motifs is 1. The Labute approximate surface area is 216 Å². The first-order chi connectivity index (χ1) is 17.8. The summed E-state index contributed by atoms with van der Waals surface area (Å²) < 4.78 is 42.4. The van der Waals surface area contributed by atoms with E-state index in [9.17, 15) is 27.6 Å². The Bertz CT molecular complexity index is 1460. The Hall–Kier alpha value is -4.16. The monoisotopic (exact) mass is 531 g/mol. The van der Waals surface area contributed by atoms with E-state index in [0.29, 0.717) is 17.1 Å². The molecule has 3 aromatic rings. The van der Waals surface area contributed by atoms with E-state index < -0.39 is 29.6 Å². The molecular weight excluding hydrogens is 503 g/mol. The third-order valence-electron chi connectivity index (χ3n) is 6.27. The first kappa shape index (κ1) is 26.9. The highest BCUT2D eigenvalue weighted by molar-refractivity contribution is 5.95. The van der Waals surface area contributed by atoms with Crippen molar-refractivity contribution < 1.29 is 22.8 Å². The van der Waals surface area contributed by atoms with Gasteiger partial charge in [0.05, 0.1) is 17.8 Å². The molecule has 3 heterocycles. The number of aryl methyl sites for hydroxylation is 1. The van der Waals surface area contributed by atoms with Gasteiger partial charge in [0.25, 0.3) is 17.4 Å². The summed E-state index contributed by atoms with van der Waals surface area (Å²) in [5, 5.41) is 9.83. The maximum atomic E-state index is 13.8. The summed E-state index contributed by atoms with van der Waals surface area (Å²) >= 11 is 0. The predicted octanol–water partition coefficient (Wildman–Crippen LogP) is 2.75. The van der Waals surface area contributed by atoms with Crippen LogP contribution in [0.3, 0.4) is 0 Å². The van der Waals surface area contributed by atoms with Gasteiger partial charge in [-0.25, -0.2) is 9.55 Å². The van der Waals surface area contributed by atoms with Crippen LogP contribution in [0.15, 0.2) is 35.1 Å². The summed E-state index contributed by atoms with van der Waals surface area (Å²) in [5.41, 5.74) is -0.547. The molecule has 2 amide bonds. The average molecular weight is 532 g/mol. The number of carbonyl (C=O) groups excluding carboxylic acids is 2. The van der Waals surface area contributed by atoms with Gasteiger partial charge in [-0.1, -0.05) is 6.07 Å². The molecular formula is C25H28F3N7O3. The van der Waals surface area contributed by atoms with Crippen molar-refractivity contribution in [2.24, 2.45) is 7.05 Å². The Kier molecular flexibility index (Phi) is 7.04. The number of amides is 2. The number of hydrogen-bond donors (Lipinski definition) is 2. The fourth-order valence-electron chi connectivity index (χ4n) is 4.40. The van der Waals surface area contributed by atoms with Gasteiger partial charge >= 0.3 is 6.18 Å². The van der Waals surface area contributed by atoms with Crippen molar-refractivity contribution in [3.8, 4) is 5.82 Å². The van der Waals surface area contributed by atoms with Crippen LogP contribution in [-0.2, 0) is 26.2 Å². The first-order valence-corrected chi connectivity index (χ1v) is 12.0. The molecule has 0 bridgehead atoms. The van der Waals surface area contributed by atoms with Crippen LogP contribution in [0.1, 0.15) is 58.4 Å². The van der Waals surface area contributed by atoms with Crippen LogP contribution in [0.5, 0.6) is 0 Å². The molecule has 0 saturated heterocycles. The molecule has 13 heteroatoms. The molecule has 1 aliphatic rings. The van der Waals surface area contributed by atoms with E-state index >= 15 is 0 Å². The van der Waals surface area contributed by atoms with Crippen molar-refractivity contribution in [2.75, 3.05) is 12.4 Å². The SMILES string of the molecule is CNC(=O)c1cc(-n2c(NC(C)C)nc3c(c2=O)C[C@@H](C)N(C(=O)c2cccc(C(F)(F)F)c2)C3)n(C)n1. The molecule has 0 saturated carbocycles. The molecule has 0 unspecified atom stereocenters.